The molecule has 10 heteroatoms. The number of benzene rings is 1. The van der Waals surface area contributed by atoms with Gasteiger partial charge < -0.3 is 14.7 Å². The van der Waals surface area contributed by atoms with Gasteiger partial charge in [0.2, 0.25) is 5.91 Å². The molecule has 3 fully saturated rings. The quantitative estimate of drug-likeness (QED) is 0.611. The number of likely N-dealkylation sites (tertiary alicyclic amines) is 1. The molecule has 0 bridgehead atoms. The number of piperidine rings is 1. The van der Waals surface area contributed by atoms with Gasteiger partial charge in [-0.25, -0.2) is 8.42 Å². The van der Waals surface area contributed by atoms with Crippen molar-refractivity contribution < 1.29 is 18.0 Å². The molecule has 3 aliphatic heterocycles. The lowest BCUT2D eigenvalue weighted by molar-refractivity contribution is -0.137. The first-order valence-corrected chi connectivity index (χ1v) is 14.7. The molecule has 0 N–H and O–H groups in total. The van der Waals surface area contributed by atoms with Crippen LogP contribution in [0, 0.1) is 5.92 Å². The summed E-state index contributed by atoms with van der Waals surface area (Å²) in [6.45, 7) is 5.12. The lowest BCUT2D eigenvalue weighted by atomic mass is 9.96. The summed E-state index contributed by atoms with van der Waals surface area (Å²) in [4.78, 5) is 31.8. The van der Waals surface area contributed by atoms with Crippen LogP contribution in [0.25, 0.3) is 0 Å². The summed E-state index contributed by atoms with van der Waals surface area (Å²) in [7, 11) is -3.66. The summed E-state index contributed by atoms with van der Waals surface area (Å²) in [5.74, 6) is -0.0818. The van der Waals surface area contributed by atoms with Gasteiger partial charge in [0.15, 0.2) is 0 Å². The van der Waals surface area contributed by atoms with E-state index in [-0.39, 0.29) is 21.9 Å². The minimum Gasteiger partial charge on any atom is -0.368 e. The third kappa shape index (κ3) is 5.10. The molecule has 1 aromatic heterocycles. The Hall–Kier alpha value is -2.43. The number of carbonyl (C=O) groups is 2. The Morgan fingerprint density at radius 3 is 2.14 bits per heavy atom. The summed E-state index contributed by atoms with van der Waals surface area (Å²) in [6.07, 6.45) is 3.05. The van der Waals surface area contributed by atoms with Crippen molar-refractivity contribution in [2.45, 2.75) is 29.9 Å². The molecule has 0 unspecified atom stereocenters. The highest BCUT2D eigenvalue weighted by Gasteiger charge is 2.35. The van der Waals surface area contributed by atoms with Crippen LogP contribution in [0.4, 0.5) is 5.69 Å². The number of carbonyl (C=O) groups excluding carboxylic acids is 2. The maximum absolute atomic E-state index is 13.2. The minimum absolute atomic E-state index is 0.0862. The zero-order valence-corrected chi connectivity index (χ0v) is 21.5. The van der Waals surface area contributed by atoms with Gasteiger partial charge in [0.25, 0.3) is 15.9 Å². The predicted octanol–water partition coefficient (Wildman–Crippen LogP) is 2.73. The number of anilines is 1. The monoisotopic (exact) mass is 516 g/mol. The molecule has 0 radical (unpaired) electrons. The SMILES string of the molecule is O=C(c1csc(S(=O)(=O)N2CCC(C(=O)N3CCN(c4ccccc4)CC3)CC2)c1)N1CCCC1. The standard InChI is InChI=1S/C25H32N4O4S2/c30-24(28-16-14-26(15-17-28)22-6-2-1-3-7-22)20-8-12-29(13-9-20)35(32,33)23-18-21(19-34-23)25(31)27-10-4-5-11-27/h1-3,6-7,18-20H,4-5,8-17H2. The number of amides is 2. The van der Waals surface area contributed by atoms with Crippen LogP contribution in [0.15, 0.2) is 46.0 Å². The Morgan fingerprint density at radius 2 is 1.49 bits per heavy atom. The van der Waals surface area contributed by atoms with Crippen LogP contribution in [0.3, 0.4) is 0 Å². The molecular weight excluding hydrogens is 484 g/mol. The number of piperazine rings is 1. The topological polar surface area (TPSA) is 81.2 Å². The molecule has 188 valence electrons. The number of hydrogen-bond donors (Lipinski definition) is 0. The number of rotatable bonds is 5. The van der Waals surface area contributed by atoms with Crippen LogP contribution >= 0.6 is 11.3 Å². The van der Waals surface area contributed by atoms with Gasteiger partial charge in [-0.15, -0.1) is 11.3 Å². The van der Waals surface area contributed by atoms with E-state index in [9.17, 15) is 18.0 Å². The number of para-hydroxylation sites is 1. The Kier molecular flexibility index (Phi) is 7.13. The average Bonchev–Trinajstić information content (AvgIpc) is 3.62. The van der Waals surface area contributed by atoms with Crippen molar-refractivity contribution in [3.8, 4) is 0 Å². The van der Waals surface area contributed by atoms with Crippen molar-refractivity contribution in [2.24, 2.45) is 5.92 Å². The molecule has 1 aromatic carbocycles. The van der Waals surface area contributed by atoms with E-state index in [0.717, 1.165) is 50.4 Å². The van der Waals surface area contributed by atoms with E-state index in [4.69, 9.17) is 0 Å². The molecule has 0 spiro atoms. The molecular formula is C25H32N4O4S2. The largest absolute Gasteiger partial charge is 0.368 e. The second kappa shape index (κ2) is 10.3. The molecule has 8 nitrogen and oxygen atoms in total. The molecule has 3 aliphatic rings. The summed E-state index contributed by atoms with van der Waals surface area (Å²) < 4.78 is 28.1. The van der Waals surface area contributed by atoms with Crippen LogP contribution in [0.2, 0.25) is 0 Å². The van der Waals surface area contributed by atoms with E-state index in [2.05, 4.69) is 17.0 Å². The molecule has 0 aliphatic carbocycles. The van der Waals surface area contributed by atoms with E-state index >= 15 is 0 Å². The number of thiophene rings is 1. The van der Waals surface area contributed by atoms with Crippen molar-refractivity contribution in [2.75, 3.05) is 57.3 Å². The van der Waals surface area contributed by atoms with E-state index in [0.29, 0.717) is 44.6 Å². The first-order valence-electron chi connectivity index (χ1n) is 12.4. The van der Waals surface area contributed by atoms with Crippen molar-refractivity contribution in [1.82, 2.24) is 14.1 Å². The third-order valence-electron chi connectivity index (χ3n) is 7.33. The normalized spacial score (nSPS) is 20.4. The molecule has 0 atom stereocenters. The van der Waals surface area contributed by atoms with Crippen molar-refractivity contribution in [3.63, 3.8) is 0 Å². The Labute approximate surface area is 211 Å². The first kappa shape index (κ1) is 24.3. The van der Waals surface area contributed by atoms with E-state index in [1.54, 1.807) is 10.3 Å². The lowest BCUT2D eigenvalue weighted by Gasteiger charge is -2.39. The van der Waals surface area contributed by atoms with Gasteiger partial charge in [-0.05, 0) is 43.9 Å². The zero-order chi connectivity index (χ0) is 24.4. The van der Waals surface area contributed by atoms with Crippen molar-refractivity contribution in [1.29, 1.82) is 0 Å². The van der Waals surface area contributed by atoms with Gasteiger partial charge in [0, 0.05) is 69.3 Å². The molecule has 4 heterocycles. The van der Waals surface area contributed by atoms with Gasteiger partial charge in [-0.2, -0.15) is 4.31 Å². The van der Waals surface area contributed by atoms with Crippen LogP contribution in [0.1, 0.15) is 36.0 Å². The van der Waals surface area contributed by atoms with Crippen LogP contribution in [-0.4, -0.2) is 86.7 Å². The summed E-state index contributed by atoms with van der Waals surface area (Å²) >= 11 is 1.11. The Balaban J connectivity index is 1.14. The number of sulfonamides is 1. The molecule has 2 amide bonds. The highest BCUT2D eigenvalue weighted by Crippen LogP contribution is 2.30. The average molecular weight is 517 g/mol. The predicted molar refractivity (Wildman–Crippen MR) is 136 cm³/mol. The molecule has 0 saturated carbocycles. The van der Waals surface area contributed by atoms with Gasteiger partial charge in [0.1, 0.15) is 4.21 Å². The van der Waals surface area contributed by atoms with Crippen LogP contribution in [0.5, 0.6) is 0 Å². The maximum Gasteiger partial charge on any atom is 0.254 e. The van der Waals surface area contributed by atoms with Gasteiger partial charge in [-0.3, -0.25) is 9.59 Å². The Bertz CT molecular complexity index is 1150. The molecule has 2 aromatic rings. The third-order valence-corrected chi connectivity index (χ3v) is 10.6. The number of nitrogens with zero attached hydrogens (tertiary/aromatic N) is 4. The smallest absolute Gasteiger partial charge is 0.254 e. The van der Waals surface area contributed by atoms with Crippen molar-refractivity contribution in [3.05, 3.63) is 47.3 Å². The highest BCUT2D eigenvalue weighted by atomic mass is 32.2. The van der Waals surface area contributed by atoms with Gasteiger partial charge in [0.05, 0.1) is 5.56 Å². The zero-order valence-electron chi connectivity index (χ0n) is 19.8. The van der Waals surface area contributed by atoms with Gasteiger partial charge >= 0.3 is 0 Å². The fraction of sp³-hybridized carbons (Fsp3) is 0.520. The van der Waals surface area contributed by atoms with Crippen LogP contribution in [-0.2, 0) is 14.8 Å². The van der Waals surface area contributed by atoms with Crippen LogP contribution < -0.4 is 4.90 Å². The summed E-state index contributed by atoms with van der Waals surface area (Å²) in [5.41, 5.74) is 1.63. The molecule has 35 heavy (non-hydrogen) atoms. The first-order chi connectivity index (χ1) is 16.9. The lowest BCUT2D eigenvalue weighted by Crippen LogP contribution is -2.52. The van der Waals surface area contributed by atoms with Gasteiger partial charge in [-0.1, -0.05) is 18.2 Å². The second-order valence-electron chi connectivity index (χ2n) is 9.48. The highest BCUT2D eigenvalue weighted by molar-refractivity contribution is 7.91. The fourth-order valence-electron chi connectivity index (χ4n) is 5.22. The van der Waals surface area contributed by atoms with E-state index in [1.165, 1.54) is 16.1 Å². The minimum atomic E-state index is -3.66. The molecule has 3 saturated heterocycles. The molecule has 5 rings (SSSR count). The Morgan fingerprint density at radius 1 is 0.829 bits per heavy atom. The maximum atomic E-state index is 13.2. The van der Waals surface area contributed by atoms with E-state index < -0.39 is 10.0 Å². The summed E-state index contributed by atoms with van der Waals surface area (Å²) in [5, 5.41) is 1.65. The summed E-state index contributed by atoms with van der Waals surface area (Å²) in [6, 6.07) is 11.7. The second-order valence-corrected chi connectivity index (χ2v) is 12.6. The van der Waals surface area contributed by atoms with Crippen molar-refractivity contribution >= 4 is 38.9 Å². The number of hydrogen-bond acceptors (Lipinski definition) is 6. The van der Waals surface area contributed by atoms with E-state index in [1.807, 2.05) is 23.1 Å². The fourth-order valence-corrected chi connectivity index (χ4v) is 8.00.